The molecule has 0 aliphatic heterocycles. The highest BCUT2D eigenvalue weighted by atomic mass is 16.4. The Labute approximate surface area is 149 Å². The molecule has 0 atom stereocenters. The maximum atomic E-state index is 11.1. The highest BCUT2D eigenvalue weighted by molar-refractivity contribution is 5.88. The number of fused-ring (bicyclic) bond motifs is 1. The molecule has 0 spiro atoms. The van der Waals surface area contributed by atoms with Gasteiger partial charge < -0.3 is 10.0 Å². The van der Waals surface area contributed by atoms with Crippen molar-refractivity contribution >= 4 is 22.9 Å². The summed E-state index contributed by atoms with van der Waals surface area (Å²) in [7, 11) is 0. The first-order chi connectivity index (χ1) is 11.8. The summed E-state index contributed by atoms with van der Waals surface area (Å²) in [6, 6.07) is 13.7. The SMILES string of the molecule is CCN(c1ccc(C(=O)O)cc1)c1ccc2c(c1)C(C)(C)CC=C2C. The van der Waals surface area contributed by atoms with Crippen LogP contribution in [0.25, 0.3) is 5.57 Å². The predicted molar refractivity (Wildman–Crippen MR) is 104 cm³/mol. The Morgan fingerprint density at radius 1 is 1.12 bits per heavy atom. The number of hydrogen-bond donors (Lipinski definition) is 1. The van der Waals surface area contributed by atoms with Crippen molar-refractivity contribution in [1.29, 1.82) is 0 Å². The lowest BCUT2D eigenvalue weighted by molar-refractivity contribution is 0.0697. The Morgan fingerprint density at radius 2 is 1.76 bits per heavy atom. The minimum Gasteiger partial charge on any atom is -0.478 e. The van der Waals surface area contributed by atoms with Crippen LogP contribution in [0.4, 0.5) is 11.4 Å². The highest BCUT2D eigenvalue weighted by Gasteiger charge is 2.27. The van der Waals surface area contributed by atoms with Crippen LogP contribution in [0.2, 0.25) is 0 Å². The first-order valence-electron chi connectivity index (χ1n) is 8.76. The number of carboxylic acid groups (broad SMARTS) is 1. The summed E-state index contributed by atoms with van der Waals surface area (Å²) in [4.78, 5) is 13.3. The minimum absolute atomic E-state index is 0.122. The van der Waals surface area contributed by atoms with Gasteiger partial charge in [-0.25, -0.2) is 4.79 Å². The molecule has 2 aromatic carbocycles. The Kier molecular flexibility index (Phi) is 4.42. The molecule has 1 aliphatic rings. The zero-order valence-electron chi connectivity index (χ0n) is 15.3. The smallest absolute Gasteiger partial charge is 0.335 e. The van der Waals surface area contributed by atoms with Gasteiger partial charge in [0.25, 0.3) is 0 Å². The molecule has 3 nitrogen and oxygen atoms in total. The maximum Gasteiger partial charge on any atom is 0.335 e. The normalized spacial score (nSPS) is 15.3. The van der Waals surface area contributed by atoms with Crippen LogP contribution in [-0.4, -0.2) is 17.6 Å². The van der Waals surface area contributed by atoms with Crippen molar-refractivity contribution in [2.45, 2.75) is 39.5 Å². The van der Waals surface area contributed by atoms with Gasteiger partial charge in [-0.05, 0) is 78.8 Å². The molecule has 1 aliphatic carbocycles. The maximum absolute atomic E-state index is 11.1. The van der Waals surface area contributed by atoms with Gasteiger partial charge >= 0.3 is 5.97 Å². The van der Waals surface area contributed by atoms with Crippen molar-refractivity contribution in [3.8, 4) is 0 Å². The van der Waals surface area contributed by atoms with Crippen molar-refractivity contribution in [3.05, 3.63) is 65.2 Å². The van der Waals surface area contributed by atoms with E-state index in [0.717, 1.165) is 24.3 Å². The monoisotopic (exact) mass is 335 g/mol. The molecule has 0 fully saturated rings. The van der Waals surface area contributed by atoms with Gasteiger partial charge in [-0.1, -0.05) is 26.0 Å². The molecule has 0 amide bonds. The lowest BCUT2D eigenvalue weighted by atomic mass is 9.73. The molecular formula is C22H25NO2. The van der Waals surface area contributed by atoms with E-state index in [1.54, 1.807) is 12.1 Å². The molecule has 130 valence electrons. The van der Waals surface area contributed by atoms with Crippen LogP contribution in [0, 0.1) is 0 Å². The number of hydrogen-bond acceptors (Lipinski definition) is 2. The third-order valence-corrected chi connectivity index (χ3v) is 5.13. The standard InChI is InChI=1S/C22H25NO2/c1-5-23(17-8-6-16(7-9-17)21(24)25)18-10-11-19-15(2)12-13-22(3,4)20(19)14-18/h6-12,14H,5,13H2,1-4H3,(H,24,25). The lowest BCUT2D eigenvalue weighted by Crippen LogP contribution is -2.23. The Morgan fingerprint density at radius 3 is 2.36 bits per heavy atom. The molecule has 25 heavy (non-hydrogen) atoms. The summed E-state index contributed by atoms with van der Waals surface area (Å²) < 4.78 is 0. The quantitative estimate of drug-likeness (QED) is 0.787. The van der Waals surface area contributed by atoms with Crippen molar-refractivity contribution in [1.82, 2.24) is 0 Å². The number of aromatic carboxylic acids is 1. The number of carbonyl (C=O) groups is 1. The first kappa shape index (κ1) is 17.3. The molecule has 1 N–H and O–H groups in total. The molecule has 0 heterocycles. The molecule has 0 saturated heterocycles. The van der Waals surface area contributed by atoms with Crippen LogP contribution in [0.1, 0.15) is 55.6 Å². The van der Waals surface area contributed by atoms with Gasteiger partial charge in [-0.3, -0.25) is 0 Å². The zero-order valence-corrected chi connectivity index (χ0v) is 15.3. The van der Waals surface area contributed by atoms with E-state index in [1.165, 1.54) is 16.7 Å². The van der Waals surface area contributed by atoms with E-state index in [-0.39, 0.29) is 5.41 Å². The number of allylic oxidation sites excluding steroid dienone is 2. The second kappa shape index (κ2) is 6.40. The summed E-state index contributed by atoms with van der Waals surface area (Å²) >= 11 is 0. The van der Waals surface area contributed by atoms with Crippen molar-refractivity contribution in [3.63, 3.8) is 0 Å². The van der Waals surface area contributed by atoms with E-state index >= 15 is 0 Å². The predicted octanol–water partition coefficient (Wildman–Crippen LogP) is 5.63. The first-order valence-corrected chi connectivity index (χ1v) is 8.76. The minimum atomic E-state index is -0.896. The lowest BCUT2D eigenvalue weighted by Gasteiger charge is -2.33. The third kappa shape index (κ3) is 3.19. The summed E-state index contributed by atoms with van der Waals surface area (Å²) in [6.07, 6.45) is 3.37. The summed E-state index contributed by atoms with van der Waals surface area (Å²) in [6.45, 7) is 9.68. The van der Waals surface area contributed by atoms with Gasteiger partial charge in [0.05, 0.1) is 5.56 Å². The highest BCUT2D eigenvalue weighted by Crippen LogP contribution is 2.41. The van der Waals surface area contributed by atoms with Crippen LogP contribution in [0.15, 0.2) is 48.5 Å². The van der Waals surface area contributed by atoms with Crippen LogP contribution in [0.3, 0.4) is 0 Å². The van der Waals surface area contributed by atoms with E-state index in [9.17, 15) is 4.79 Å². The summed E-state index contributed by atoms with van der Waals surface area (Å²) in [5, 5.41) is 9.08. The van der Waals surface area contributed by atoms with Gasteiger partial charge in [0, 0.05) is 17.9 Å². The molecule has 0 aromatic heterocycles. The number of rotatable bonds is 4. The number of nitrogens with zero attached hydrogens (tertiary/aromatic N) is 1. The fraction of sp³-hybridized carbons (Fsp3) is 0.318. The van der Waals surface area contributed by atoms with Gasteiger partial charge in [0.1, 0.15) is 0 Å². The van der Waals surface area contributed by atoms with Crippen LogP contribution in [-0.2, 0) is 5.41 Å². The molecule has 3 rings (SSSR count). The Hall–Kier alpha value is -2.55. The number of carboxylic acids is 1. The largest absolute Gasteiger partial charge is 0.478 e. The number of benzene rings is 2. The Bertz CT molecular complexity index is 832. The summed E-state index contributed by atoms with van der Waals surface area (Å²) in [5.74, 6) is -0.896. The topological polar surface area (TPSA) is 40.5 Å². The average molecular weight is 335 g/mol. The van der Waals surface area contributed by atoms with Crippen LogP contribution >= 0.6 is 0 Å². The molecular weight excluding hydrogens is 310 g/mol. The second-order valence-corrected chi connectivity index (χ2v) is 7.30. The van der Waals surface area contributed by atoms with Gasteiger partial charge in [-0.15, -0.1) is 0 Å². The Balaban J connectivity index is 2.02. The van der Waals surface area contributed by atoms with Crippen molar-refractivity contribution in [2.24, 2.45) is 0 Å². The molecule has 0 bridgehead atoms. The van der Waals surface area contributed by atoms with E-state index in [4.69, 9.17) is 5.11 Å². The van der Waals surface area contributed by atoms with Gasteiger partial charge in [0.2, 0.25) is 0 Å². The fourth-order valence-corrected chi connectivity index (χ4v) is 3.53. The fourth-order valence-electron chi connectivity index (χ4n) is 3.53. The van der Waals surface area contributed by atoms with Crippen LogP contribution < -0.4 is 4.90 Å². The van der Waals surface area contributed by atoms with E-state index in [2.05, 4.69) is 56.9 Å². The van der Waals surface area contributed by atoms with Crippen molar-refractivity contribution in [2.75, 3.05) is 11.4 Å². The second-order valence-electron chi connectivity index (χ2n) is 7.30. The molecule has 0 radical (unpaired) electrons. The van der Waals surface area contributed by atoms with Crippen LogP contribution in [0.5, 0.6) is 0 Å². The van der Waals surface area contributed by atoms with Gasteiger partial charge in [-0.2, -0.15) is 0 Å². The molecule has 2 aromatic rings. The van der Waals surface area contributed by atoms with E-state index in [1.807, 2.05) is 12.1 Å². The van der Waals surface area contributed by atoms with E-state index < -0.39 is 5.97 Å². The van der Waals surface area contributed by atoms with Crippen molar-refractivity contribution < 1.29 is 9.90 Å². The number of anilines is 2. The third-order valence-electron chi connectivity index (χ3n) is 5.13. The summed E-state index contributed by atoms with van der Waals surface area (Å²) in [5.41, 5.74) is 6.64. The zero-order chi connectivity index (χ0) is 18.2. The molecule has 3 heteroatoms. The van der Waals surface area contributed by atoms with Gasteiger partial charge in [0.15, 0.2) is 0 Å². The van der Waals surface area contributed by atoms with E-state index in [0.29, 0.717) is 5.56 Å². The molecule has 0 unspecified atom stereocenters. The molecule has 0 saturated carbocycles. The average Bonchev–Trinajstić information content (AvgIpc) is 2.60.